The van der Waals surface area contributed by atoms with Gasteiger partial charge in [0.15, 0.2) is 23.0 Å². The van der Waals surface area contributed by atoms with Crippen molar-refractivity contribution in [2.45, 2.75) is 19.4 Å². The van der Waals surface area contributed by atoms with E-state index in [0.717, 1.165) is 0 Å². The topological polar surface area (TPSA) is 106 Å². The van der Waals surface area contributed by atoms with Crippen LogP contribution in [0.2, 0.25) is 0 Å². The fraction of sp³-hybridized carbons (Fsp3) is 0.350. The summed E-state index contributed by atoms with van der Waals surface area (Å²) in [7, 11) is 1.45. The van der Waals surface area contributed by atoms with E-state index in [-0.39, 0.29) is 25.1 Å². The summed E-state index contributed by atoms with van der Waals surface area (Å²) in [6.07, 6.45) is -0.906. The van der Waals surface area contributed by atoms with Crippen molar-refractivity contribution in [3.05, 3.63) is 42.0 Å². The summed E-state index contributed by atoms with van der Waals surface area (Å²) in [5, 5.41) is 22.0. The number of methoxy groups -OCH3 is 1. The van der Waals surface area contributed by atoms with Gasteiger partial charge in [-0.05, 0) is 42.2 Å². The van der Waals surface area contributed by atoms with Crippen LogP contribution in [0.3, 0.4) is 0 Å². The summed E-state index contributed by atoms with van der Waals surface area (Å²) in [6, 6.07) is 9.83. The average Bonchev–Trinajstić information content (AvgIpc) is 3.14. The number of phenolic OH excluding ortho intramolecular Hbond substituents is 1. The zero-order valence-electron chi connectivity index (χ0n) is 15.7. The van der Waals surface area contributed by atoms with Crippen LogP contribution in [0.5, 0.6) is 23.0 Å². The lowest BCUT2D eigenvalue weighted by atomic mass is 9.94. The van der Waals surface area contributed by atoms with Gasteiger partial charge >= 0.3 is 6.09 Å². The molecule has 2 atom stereocenters. The number of aromatic hydroxyl groups is 1. The fourth-order valence-corrected chi connectivity index (χ4v) is 2.99. The molecule has 2 aromatic rings. The molecular weight excluding hydrogens is 366 g/mol. The van der Waals surface area contributed by atoms with Crippen molar-refractivity contribution in [3.8, 4) is 23.0 Å². The molecule has 0 bridgehead atoms. The van der Waals surface area contributed by atoms with Gasteiger partial charge in [0, 0.05) is 18.4 Å². The monoisotopic (exact) mass is 389 g/mol. The predicted octanol–water partition coefficient (Wildman–Crippen LogP) is 3.44. The van der Waals surface area contributed by atoms with Crippen LogP contribution in [0.1, 0.15) is 25.0 Å². The molecule has 0 saturated carbocycles. The smallest absolute Gasteiger partial charge is 0.412 e. The van der Waals surface area contributed by atoms with Gasteiger partial charge in [-0.25, -0.2) is 4.79 Å². The minimum absolute atomic E-state index is 0.0487. The number of carbonyl (C=O) groups is 1. The van der Waals surface area contributed by atoms with Crippen molar-refractivity contribution < 1.29 is 34.0 Å². The Bertz CT molecular complexity index is 839. The fourth-order valence-electron chi connectivity index (χ4n) is 2.99. The third-order valence-corrected chi connectivity index (χ3v) is 4.49. The number of aliphatic hydroxyl groups is 1. The summed E-state index contributed by atoms with van der Waals surface area (Å²) < 4.78 is 21.2. The average molecular weight is 389 g/mol. The summed E-state index contributed by atoms with van der Waals surface area (Å²) in [5.41, 5.74) is 1.10. The molecule has 1 amide bonds. The van der Waals surface area contributed by atoms with Crippen molar-refractivity contribution in [1.29, 1.82) is 0 Å². The number of carbonyl (C=O) groups excluding carboxylic acids is 1. The van der Waals surface area contributed by atoms with Gasteiger partial charge in [-0.3, -0.25) is 5.32 Å². The van der Waals surface area contributed by atoms with Crippen LogP contribution in [-0.4, -0.2) is 36.8 Å². The van der Waals surface area contributed by atoms with E-state index in [9.17, 15) is 15.0 Å². The first-order chi connectivity index (χ1) is 13.5. The molecule has 3 rings (SSSR count). The summed E-state index contributed by atoms with van der Waals surface area (Å²) in [5.74, 6) is 1.24. The largest absolute Gasteiger partial charge is 0.504 e. The van der Waals surface area contributed by atoms with E-state index in [1.807, 2.05) is 6.92 Å². The normalized spacial score (nSPS) is 14.2. The number of nitrogens with one attached hydrogen (secondary N) is 1. The molecule has 1 heterocycles. The summed E-state index contributed by atoms with van der Waals surface area (Å²) in [4.78, 5) is 12.5. The van der Waals surface area contributed by atoms with E-state index in [1.165, 1.54) is 13.2 Å². The van der Waals surface area contributed by atoms with E-state index in [0.29, 0.717) is 34.9 Å². The molecule has 1 aliphatic rings. The molecule has 0 fully saturated rings. The Morgan fingerprint density at radius 3 is 2.71 bits per heavy atom. The quantitative estimate of drug-likeness (QED) is 0.666. The number of ether oxygens (including phenoxy) is 4. The molecule has 0 spiro atoms. The molecule has 0 unspecified atom stereocenters. The predicted molar refractivity (Wildman–Crippen MR) is 101 cm³/mol. The number of amides is 1. The minimum Gasteiger partial charge on any atom is -0.504 e. The number of benzene rings is 2. The lowest BCUT2D eigenvalue weighted by Gasteiger charge is -2.24. The first-order valence-electron chi connectivity index (χ1n) is 8.87. The maximum atomic E-state index is 12.5. The van der Waals surface area contributed by atoms with E-state index < -0.39 is 12.2 Å². The van der Waals surface area contributed by atoms with Crippen molar-refractivity contribution in [2.24, 2.45) is 5.92 Å². The zero-order valence-corrected chi connectivity index (χ0v) is 15.7. The van der Waals surface area contributed by atoms with Gasteiger partial charge in [0.2, 0.25) is 6.79 Å². The molecule has 0 aliphatic carbocycles. The van der Waals surface area contributed by atoms with Crippen LogP contribution in [0.25, 0.3) is 0 Å². The van der Waals surface area contributed by atoms with E-state index in [4.69, 9.17) is 18.9 Å². The molecule has 0 radical (unpaired) electrons. The van der Waals surface area contributed by atoms with E-state index in [1.54, 1.807) is 30.3 Å². The van der Waals surface area contributed by atoms with Gasteiger partial charge in [0.05, 0.1) is 7.11 Å². The van der Waals surface area contributed by atoms with Crippen molar-refractivity contribution in [1.82, 2.24) is 0 Å². The van der Waals surface area contributed by atoms with E-state index >= 15 is 0 Å². The third kappa shape index (κ3) is 4.40. The van der Waals surface area contributed by atoms with Crippen LogP contribution in [0.4, 0.5) is 10.5 Å². The highest BCUT2D eigenvalue weighted by atomic mass is 16.7. The Morgan fingerprint density at radius 2 is 2.00 bits per heavy atom. The highest BCUT2D eigenvalue weighted by Crippen LogP contribution is 2.36. The Kier molecular flexibility index (Phi) is 6.10. The Morgan fingerprint density at radius 1 is 1.21 bits per heavy atom. The molecule has 8 nitrogen and oxygen atoms in total. The van der Waals surface area contributed by atoms with Crippen LogP contribution in [-0.2, 0) is 4.74 Å². The minimum atomic E-state index is -0.669. The first-order valence-corrected chi connectivity index (χ1v) is 8.87. The van der Waals surface area contributed by atoms with Crippen LogP contribution in [0, 0.1) is 5.92 Å². The highest BCUT2D eigenvalue weighted by molar-refractivity contribution is 5.85. The number of anilines is 1. The molecular formula is C20H23NO7. The van der Waals surface area contributed by atoms with Gasteiger partial charge in [-0.1, -0.05) is 13.0 Å². The molecule has 3 N–H and O–H groups in total. The van der Waals surface area contributed by atoms with Crippen molar-refractivity contribution in [2.75, 3.05) is 25.8 Å². The maximum absolute atomic E-state index is 12.5. The maximum Gasteiger partial charge on any atom is 0.412 e. The second-order valence-electron chi connectivity index (χ2n) is 6.44. The van der Waals surface area contributed by atoms with Gasteiger partial charge in [-0.15, -0.1) is 0 Å². The van der Waals surface area contributed by atoms with Crippen LogP contribution < -0.4 is 19.5 Å². The van der Waals surface area contributed by atoms with Crippen molar-refractivity contribution >= 4 is 11.8 Å². The number of hydrogen-bond acceptors (Lipinski definition) is 7. The Hall–Kier alpha value is -3.13. The van der Waals surface area contributed by atoms with Gasteiger partial charge in [0.1, 0.15) is 6.10 Å². The van der Waals surface area contributed by atoms with E-state index in [2.05, 4.69) is 5.32 Å². The standard InChI is InChI=1S/C20H23NO7/c1-12(7-8-22)19(13-3-5-16(25-2)15(23)9-13)28-20(24)21-14-4-6-17-18(10-14)27-11-26-17/h3-6,9-10,12,19,22-23H,7-8,11H2,1-2H3,(H,21,24)/t12-,19-/m1/s1. The number of phenols is 1. The molecule has 0 aromatic heterocycles. The number of rotatable bonds is 7. The first kappa shape index (κ1) is 19.6. The number of fused-ring (bicyclic) bond motifs is 1. The van der Waals surface area contributed by atoms with Gasteiger partial charge in [0.25, 0.3) is 0 Å². The number of aliphatic hydroxyl groups excluding tert-OH is 1. The molecule has 1 aliphatic heterocycles. The van der Waals surface area contributed by atoms with Gasteiger partial charge in [-0.2, -0.15) is 0 Å². The highest BCUT2D eigenvalue weighted by Gasteiger charge is 2.25. The number of hydrogen-bond donors (Lipinski definition) is 3. The Balaban J connectivity index is 1.75. The molecule has 8 heteroatoms. The summed E-state index contributed by atoms with van der Waals surface area (Å²) in [6.45, 7) is 1.95. The molecule has 150 valence electrons. The second-order valence-corrected chi connectivity index (χ2v) is 6.44. The second kappa shape index (κ2) is 8.71. The SMILES string of the molecule is COc1ccc([C@H](OC(=O)Nc2ccc3c(c2)OCO3)[C@H](C)CCO)cc1O. The lowest BCUT2D eigenvalue weighted by molar-refractivity contribution is 0.0666. The zero-order chi connectivity index (χ0) is 20.1. The Labute approximate surface area is 162 Å². The lowest BCUT2D eigenvalue weighted by Crippen LogP contribution is -2.22. The third-order valence-electron chi connectivity index (χ3n) is 4.49. The van der Waals surface area contributed by atoms with Crippen LogP contribution >= 0.6 is 0 Å². The summed E-state index contributed by atoms with van der Waals surface area (Å²) >= 11 is 0. The van der Waals surface area contributed by atoms with Gasteiger partial charge < -0.3 is 29.2 Å². The molecule has 2 aromatic carbocycles. The molecule has 28 heavy (non-hydrogen) atoms. The van der Waals surface area contributed by atoms with Crippen LogP contribution in [0.15, 0.2) is 36.4 Å². The molecule has 0 saturated heterocycles. The van der Waals surface area contributed by atoms with Crippen molar-refractivity contribution in [3.63, 3.8) is 0 Å².